The summed E-state index contributed by atoms with van der Waals surface area (Å²) >= 11 is 0. The molecule has 0 atom stereocenters. The van der Waals surface area contributed by atoms with Crippen molar-refractivity contribution < 1.29 is 13.2 Å². The number of furan rings is 1. The summed E-state index contributed by atoms with van der Waals surface area (Å²) in [6, 6.07) is 7.67. The van der Waals surface area contributed by atoms with E-state index in [0.717, 1.165) is 41.1 Å². The van der Waals surface area contributed by atoms with E-state index in [4.69, 9.17) is 4.42 Å². The van der Waals surface area contributed by atoms with Crippen LogP contribution >= 0.6 is 0 Å². The molecule has 1 aromatic carbocycles. The molecular weight excluding hydrogens is 370 g/mol. The van der Waals surface area contributed by atoms with Crippen molar-refractivity contribution >= 4 is 11.5 Å². The molecule has 0 radical (unpaired) electrons. The molecule has 1 aliphatic rings. The maximum absolute atomic E-state index is 14.3. The van der Waals surface area contributed by atoms with Crippen LogP contribution in [0, 0.1) is 18.6 Å². The van der Waals surface area contributed by atoms with Crippen molar-refractivity contribution in [3.63, 3.8) is 0 Å². The number of pyridine rings is 1. The second kappa shape index (κ2) is 7.82. The number of rotatable bonds is 4. The van der Waals surface area contributed by atoms with Crippen LogP contribution in [0.25, 0.3) is 16.8 Å². The minimum absolute atomic E-state index is 0.0712. The third-order valence-corrected chi connectivity index (χ3v) is 5.37. The topological polar surface area (TPSA) is 38.1 Å². The van der Waals surface area contributed by atoms with Crippen molar-refractivity contribution in [3.05, 3.63) is 76.4 Å². The average molecular weight is 394 g/mol. The van der Waals surface area contributed by atoms with Crippen molar-refractivity contribution in [2.24, 2.45) is 0 Å². The summed E-state index contributed by atoms with van der Waals surface area (Å²) in [5, 5.41) is 3.09. The Morgan fingerprint density at radius 3 is 2.41 bits per heavy atom. The van der Waals surface area contributed by atoms with Gasteiger partial charge in [0.15, 0.2) is 0 Å². The molecule has 3 aromatic rings. The third kappa shape index (κ3) is 3.69. The fraction of sp³-hybridized carbons (Fsp3) is 0.292. The van der Waals surface area contributed by atoms with Crippen LogP contribution in [0.2, 0.25) is 0 Å². The second-order valence-electron chi connectivity index (χ2n) is 7.67. The zero-order valence-corrected chi connectivity index (χ0v) is 16.9. The first kappa shape index (κ1) is 19.4. The van der Waals surface area contributed by atoms with Crippen LogP contribution < -0.4 is 5.32 Å². The van der Waals surface area contributed by atoms with Crippen LogP contribution in [0.4, 0.5) is 14.6 Å². The molecule has 0 fully saturated rings. The number of allylic oxidation sites excluding steroid dienone is 1. The van der Waals surface area contributed by atoms with E-state index in [1.54, 1.807) is 6.20 Å². The van der Waals surface area contributed by atoms with Crippen LogP contribution in [0.3, 0.4) is 0 Å². The number of aryl methyl sites for hydroxylation is 2. The molecule has 0 bridgehead atoms. The van der Waals surface area contributed by atoms with Gasteiger partial charge in [-0.3, -0.25) is 0 Å². The van der Waals surface area contributed by atoms with Crippen LogP contribution in [0.5, 0.6) is 0 Å². The predicted molar refractivity (Wildman–Crippen MR) is 112 cm³/mol. The normalized spacial score (nSPS) is 13.1. The molecule has 0 saturated heterocycles. The standard InChI is InChI=1S/C24H24F2N2O/c1-14(2)24(23-18(25)8-6-9-19(23)26)28-21-12-11-16(13-27-21)22-15(3)29-20-10-5-4-7-17(20)22/h6,8-9,11-13H,4-5,7,10H2,1-3H3,(H,27,28). The zero-order valence-electron chi connectivity index (χ0n) is 16.9. The van der Waals surface area contributed by atoms with Gasteiger partial charge in [0, 0.05) is 29.3 Å². The first-order valence-electron chi connectivity index (χ1n) is 9.92. The highest BCUT2D eigenvalue weighted by Crippen LogP contribution is 2.37. The Bertz CT molecular complexity index is 1060. The molecule has 0 spiro atoms. The molecule has 2 aromatic heterocycles. The van der Waals surface area contributed by atoms with Crippen LogP contribution in [0.1, 0.15) is 49.3 Å². The lowest BCUT2D eigenvalue weighted by atomic mass is 9.92. The van der Waals surface area contributed by atoms with E-state index in [-0.39, 0.29) is 5.56 Å². The molecule has 1 aliphatic carbocycles. The number of nitrogens with zero attached hydrogens (tertiary/aromatic N) is 1. The minimum atomic E-state index is -0.606. The van der Waals surface area contributed by atoms with Crippen molar-refractivity contribution in [2.45, 2.75) is 46.5 Å². The molecular formula is C24H24F2N2O. The monoisotopic (exact) mass is 394 g/mol. The maximum atomic E-state index is 14.3. The lowest BCUT2D eigenvalue weighted by molar-refractivity contribution is 0.458. The van der Waals surface area contributed by atoms with E-state index in [0.29, 0.717) is 11.5 Å². The second-order valence-corrected chi connectivity index (χ2v) is 7.67. The summed E-state index contributed by atoms with van der Waals surface area (Å²) in [5.74, 6) is 1.32. The van der Waals surface area contributed by atoms with E-state index < -0.39 is 11.6 Å². The smallest absolute Gasteiger partial charge is 0.135 e. The highest BCUT2D eigenvalue weighted by Gasteiger charge is 2.22. The molecule has 3 nitrogen and oxygen atoms in total. The van der Waals surface area contributed by atoms with Crippen LogP contribution in [0.15, 0.2) is 46.5 Å². The van der Waals surface area contributed by atoms with E-state index >= 15 is 0 Å². The molecule has 1 N–H and O–H groups in total. The maximum Gasteiger partial charge on any atom is 0.135 e. The van der Waals surface area contributed by atoms with Gasteiger partial charge in [0.05, 0.1) is 11.3 Å². The Labute approximate surface area is 169 Å². The molecule has 29 heavy (non-hydrogen) atoms. The average Bonchev–Trinajstić information content (AvgIpc) is 3.03. The van der Waals surface area contributed by atoms with E-state index in [1.807, 2.05) is 32.9 Å². The number of nitrogens with one attached hydrogen (secondary N) is 1. The van der Waals surface area contributed by atoms with Gasteiger partial charge < -0.3 is 9.73 Å². The summed E-state index contributed by atoms with van der Waals surface area (Å²) < 4.78 is 34.5. The number of hydrogen-bond acceptors (Lipinski definition) is 3. The first-order chi connectivity index (χ1) is 14.0. The van der Waals surface area contributed by atoms with Gasteiger partial charge in [0.1, 0.15) is 29.0 Å². The van der Waals surface area contributed by atoms with Crippen LogP contribution in [-0.2, 0) is 12.8 Å². The van der Waals surface area contributed by atoms with E-state index in [1.165, 1.54) is 36.6 Å². The lowest BCUT2D eigenvalue weighted by Crippen LogP contribution is -2.07. The van der Waals surface area contributed by atoms with Crippen molar-refractivity contribution in [1.29, 1.82) is 0 Å². The molecule has 150 valence electrons. The fourth-order valence-electron chi connectivity index (χ4n) is 4.00. The van der Waals surface area contributed by atoms with Gasteiger partial charge in [-0.15, -0.1) is 0 Å². The van der Waals surface area contributed by atoms with Gasteiger partial charge in [0.25, 0.3) is 0 Å². The molecule has 0 amide bonds. The van der Waals surface area contributed by atoms with Gasteiger partial charge in [-0.05, 0) is 64.3 Å². The number of anilines is 1. The number of aromatic nitrogens is 1. The van der Waals surface area contributed by atoms with E-state index in [9.17, 15) is 8.78 Å². The van der Waals surface area contributed by atoms with Gasteiger partial charge in [-0.25, -0.2) is 13.8 Å². The van der Waals surface area contributed by atoms with Crippen molar-refractivity contribution in [2.75, 3.05) is 5.32 Å². The molecule has 0 saturated carbocycles. The third-order valence-electron chi connectivity index (χ3n) is 5.37. The first-order valence-corrected chi connectivity index (χ1v) is 9.92. The summed E-state index contributed by atoms with van der Waals surface area (Å²) in [6.07, 6.45) is 6.13. The number of fused-ring (bicyclic) bond motifs is 1. The van der Waals surface area contributed by atoms with E-state index in [2.05, 4.69) is 10.3 Å². The van der Waals surface area contributed by atoms with Gasteiger partial charge in [-0.2, -0.15) is 0 Å². The summed E-state index contributed by atoms with van der Waals surface area (Å²) in [7, 11) is 0. The SMILES string of the molecule is CC(C)=C(Nc1ccc(-c2c(C)oc3c2CCCC3)cn1)c1c(F)cccc1F. The Kier molecular flexibility index (Phi) is 5.22. The Morgan fingerprint density at radius 2 is 1.76 bits per heavy atom. The Hall–Kier alpha value is -2.95. The lowest BCUT2D eigenvalue weighted by Gasteiger charge is -2.15. The van der Waals surface area contributed by atoms with Gasteiger partial charge in [0.2, 0.25) is 0 Å². The number of hydrogen-bond donors (Lipinski definition) is 1. The number of benzene rings is 1. The zero-order chi connectivity index (χ0) is 20.5. The molecule has 0 aliphatic heterocycles. The fourth-order valence-corrected chi connectivity index (χ4v) is 4.00. The highest BCUT2D eigenvalue weighted by atomic mass is 19.1. The molecule has 0 unspecified atom stereocenters. The largest absolute Gasteiger partial charge is 0.465 e. The van der Waals surface area contributed by atoms with Crippen molar-refractivity contribution in [3.8, 4) is 11.1 Å². The Morgan fingerprint density at radius 1 is 1.03 bits per heavy atom. The quantitative estimate of drug-likeness (QED) is 0.537. The summed E-state index contributed by atoms with van der Waals surface area (Å²) in [5.41, 5.74) is 4.49. The molecule has 2 heterocycles. The Balaban J connectivity index is 1.65. The predicted octanol–water partition coefficient (Wildman–Crippen LogP) is 6.67. The molecule has 5 heteroatoms. The van der Waals surface area contributed by atoms with Gasteiger partial charge in [-0.1, -0.05) is 11.6 Å². The summed E-state index contributed by atoms with van der Waals surface area (Å²) in [4.78, 5) is 4.50. The van der Waals surface area contributed by atoms with Gasteiger partial charge >= 0.3 is 0 Å². The summed E-state index contributed by atoms with van der Waals surface area (Å²) in [6.45, 7) is 5.61. The highest BCUT2D eigenvalue weighted by molar-refractivity contribution is 5.79. The van der Waals surface area contributed by atoms with Crippen molar-refractivity contribution in [1.82, 2.24) is 4.98 Å². The van der Waals surface area contributed by atoms with Crippen LogP contribution in [-0.4, -0.2) is 4.98 Å². The molecule has 4 rings (SSSR count). The minimum Gasteiger partial charge on any atom is -0.465 e. The number of halogens is 2.